The number of hydrogen-bond donors (Lipinski definition) is 0. The Hall–Kier alpha value is -1.09. The number of alkyl halides is 3. The Bertz CT molecular complexity index is 382. The zero-order valence-corrected chi connectivity index (χ0v) is 8.08. The molecular weight excluding hydrogens is 266 g/mol. The Morgan fingerprint density at radius 2 is 1.86 bits per heavy atom. The summed E-state index contributed by atoms with van der Waals surface area (Å²) in [5, 5.41) is 8.39. The molecule has 0 radical (unpaired) electrons. The lowest BCUT2D eigenvalue weighted by Gasteiger charge is -2.07. The largest absolute Gasteiger partial charge is 0.416 e. The summed E-state index contributed by atoms with van der Waals surface area (Å²) in [6.07, 6.45) is -4.61. The number of benzene rings is 1. The quantitative estimate of drug-likeness (QED) is 0.661. The van der Waals surface area contributed by atoms with Crippen molar-refractivity contribution in [3.8, 4) is 6.07 Å². The molecule has 74 valence electrons. The highest BCUT2D eigenvalue weighted by Crippen LogP contribution is 2.33. The summed E-state index contributed by atoms with van der Waals surface area (Å²) >= 11 is 2.69. The normalized spacial score (nSPS) is 11.1. The standard InChI is InChI=1S/C8H2BrF4N/c9-6-1-4(8(11,12)13)2-7(10)5(6)3-14/h1-2H. The molecule has 1 aromatic carbocycles. The van der Waals surface area contributed by atoms with E-state index in [1.807, 2.05) is 0 Å². The van der Waals surface area contributed by atoms with E-state index in [9.17, 15) is 17.6 Å². The van der Waals surface area contributed by atoms with Crippen molar-refractivity contribution in [2.45, 2.75) is 6.18 Å². The highest BCUT2D eigenvalue weighted by atomic mass is 79.9. The molecule has 0 aliphatic rings. The Labute approximate surface area is 85.1 Å². The molecule has 14 heavy (non-hydrogen) atoms. The van der Waals surface area contributed by atoms with Gasteiger partial charge in [0.2, 0.25) is 0 Å². The number of hydrogen-bond acceptors (Lipinski definition) is 1. The first kappa shape index (κ1) is 11.0. The Morgan fingerprint density at radius 1 is 1.29 bits per heavy atom. The molecule has 0 aliphatic heterocycles. The van der Waals surface area contributed by atoms with Gasteiger partial charge in [-0.05, 0) is 28.1 Å². The van der Waals surface area contributed by atoms with E-state index < -0.39 is 23.1 Å². The van der Waals surface area contributed by atoms with Crippen LogP contribution in [-0.4, -0.2) is 0 Å². The topological polar surface area (TPSA) is 23.8 Å². The summed E-state index contributed by atoms with van der Waals surface area (Å²) in [4.78, 5) is 0. The molecule has 0 saturated heterocycles. The molecule has 0 atom stereocenters. The van der Waals surface area contributed by atoms with Gasteiger partial charge in [0.25, 0.3) is 0 Å². The third kappa shape index (κ3) is 2.04. The van der Waals surface area contributed by atoms with E-state index in [0.717, 1.165) is 0 Å². The van der Waals surface area contributed by atoms with E-state index >= 15 is 0 Å². The molecule has 1 nitrogen and oxygen atoms in total. The van der Waals surface area contributed by atoms with Gasteiger partial charge < -0.3 is 0 Å². The SMILES string of the molecule is N#Cc1c(F)cc(C(F)(F)F)cc1Br. The molecule has 0 N–H and O–H groups in total. The lowest BCUT2D eigenvalue weighted by atomic mass is 10.1. The van der Waals surface area contributed by atoms with Gasteiger partial charge in [-0.2, -0.15) is 18.4 Å². The van der Waals surface area contributed by atoms with Crippen LogP contribution in [-0.2, 0) is 6.18 Å². The number of nitriles is 1. The minimum Gasteiger partial charge on any atom is -0.205 e. The molecule has 0 amide bonds. The molecule has 1 aromatic rings. The van der Waals surface area contributed by atoms with Gasteiger partial charge >= 0.3 is 6.18 Å². The minimum absolute atomic E-state index is 0.202. The van der Waals surface area contributed by atoms with Gasteiger partial charge in [0.05, 0.1) is 5.56 Å². The molecule has 0 fully saturated rings. The molecule has 0 aliphatic carbocycles. The molecule has 0 heterocycles. The van der Waals surface area contributed by atoms with Crippen LogP contribution in [0.15, 0.2) is 16.6 Å². The number of rotatable bonds is 0. The second-order valence-corrected chi connectivity index (χ2v) is 3.28. The van der Waals surface area contributed by atoms with E-state index in [0.29, 0.717) is 12.1 Å². The first-order valence-electron chi connectivity index (χ1n) is 3.32. The van der Waals surface area contributed by atoms with Crippen molar-refractivity contribution < 1.29 is 17.6 Å². The first-order chi connectivity index (χ1) is 6.36. The van der Waals surface area contributed by atoms with Gasteiger partial charge in [-0.25, -0.2) is 4.39 Å². The highest BCUT2D eigenvalue weighted by molar-refractivity contribution is 9.10. The van der Waals surface area contributed by atoms with Crippen molar-refractivity contribution in [1.29, 1.82) is 5.26 Å². The summed E-state index contributed by atoms with van der Waals surface area (Å²) < 4.78 is 49.0. The van der Waals surface area contributed by atoms with Crippen LogP contribution in [0.2, 0.25) is 0 Å². The second-order valence-electron chi connectivity index (χ2n) is 2.42. The summed E-state index contributed by atoms with van der Waals surface area (Å²) in [7, 11) is 0. The maximum atomic E-state index is 12.9. The van der Waals surface area contributed by atoms with Gasteiger partial charge in [-0.1, -0.05) is 0 Å². The predicted octanol–water partition coefficient (Wildman–Crippen LogP) is 3.48. The van der Waals surface area contributed by atoms with Gasteiger partial charge in [0, 0.05) is 4.47 Å². The molecule has 0 unspecified atom stereocenters. The van der Waals surface area contributed by atoms with Crippen LogP contribution >= 0.6 is 15.9 Å². The zero-order valence-electron chi connectivity index (χ0n) is 6.49. The van der Waals surface area contributed by atoms with Crippen molar-refractivity contribution >= 4 is 15.9 Å². The van der Waals surface area contributed by atoms with Gasteiger partial charge in [0.1, 0.15) is 17.4 Å². The maximum absolute atomic E-state index is 12.9. The average molecular weight is 268 g/mol. The number of halogens is 5. The summed E-state index contributed by atoms with van der Waals surface area (Å²) in [6.45, 7) is 0. The summed E-state index contributed by atoms with van der Waals surface area (Å²) in [5.74, 6) is -1.19. The summed E-state index contributed by atoms with van der Waals surface area (Å²) in [5.41, 5.74) is -1.56. The smallest absolute Gasteiger partial charge is 0.205 e. The Kier molecular flexibility index (Phi) is 2.81. The van der Waals surface area contributed by atoms with Crippen molar-refractivity contribution in [2.75, 3.05) is 0 Å². The molecule has 0 bridgehead atoms. The average Bonchev–Trinajstić information content (AvgIpc) is 2.01. The predicted molar refractivity (Wildman–Crippen MR) is 43.8 cm³/mol. The Morgan fingerprint density at radius 3 is 2.21 bits per heavy atom. The van der Waals surface area contributed by atoms with E-state index in [1.54, 1.807) is 0 Å². The third-order valence-corrected chi connectivity index (χ3v) is 2.11. The maximum Gasteiger partial charge on any atom is 0.416 e. The molecule has 0 spiro atoms. The molecule has 0 saturated carbocycles. The monoisotopic (exact) mass is 267 g/mol. The fourth-order valence-corrected chi connectivity index (χ4v) is 1.37. The molecule has 6 heteroatoms. The van der Waals surface area contributed by atoms with E-state index in [2.05, 4.69) is 15.9 Å². The second kappa shape index (κ2) is 3.58. The Balaban J connectivity index is 3.37. The number of nitrogens with zero attached hydrogens (tertiary/aromatic N) is 1. The van der Waals surface area contributed by atoms with Crippen LogP contribution < -0.4 is 0 Å². The summed E-state index contributed by atoms with van der Waals surface area (Å²) in [6, 6.07) is 2.42. The molecular formula is C8H2BrF4N. The van der Waals surface area contributed by atoms with Crippen molar-refractivity contribution in [2.24, 2.45) is 0 Å². The fourth-order valence-electron chi connectivity index (χ4n) is 0.844. The van der Waals surface area contributed by atoms with Crippen molar-refractivity contribution in [3.05, 3.63) is 33.5 Å². The van der Waals surface area contributed by atoms with Crippen LogP contribution in [0.4, 0.5) is 17.6 Å². The first-order valence-corrected chi connectivity index (χ1v) is 4.12. The van der Waals surface area contributed by atoms with Crippen molar-refractivity contribution in [3.63, 3.8) is 0 Å². The van der Waals surface area contributed by atoms with E-state index in [1.165, 1.54) is 6.07 Å². The van der Waals surface area contributed by atoms with Crippen LogP contribution in [0.25, 0.3) is 0 Å². The van der Waals surface area contributed by atoms with Crippen LogP contribution in [0, 0.1) is 17.1 Å². The van der Waals surface area contributed by atoms with Crippen LogP contribution in [0.3, 0.4) is 0 Å². The lowest BCUT2D eigenvalue weighted by Crippen LogP contribution is -2.06. The van der Waals surface area contributed by atoms with Gasteiger partial charge in [-0.15, -0.1) is 0 Å². The van der Waals surface area contributed by atoms with E-state index in [-0.39, 0.29) is 4.47 Å². The van der Waals surface area contributed by atoms with Crippen LogP contribution in [0.5, 0.6) is 0 Å². The zero-order chi connectivity index (χ0) is 10.9. The van der Waals surface area contributed by atoms with Crippen molar-refractivity contribution in [1.82, 2.24) is 0 Å². The highest BCUT2D eigenvalue weighted by Gasteiger charge is 2.32. The lowest BCUT2D eigenvalue weighted by molar-refractivity contribution is -0.137. The van der Waals surface area contributed by atoms with E-state index in [4.69, 9.17) is 5.26 Å². The minimum atomic E-state index is -4.61. The van der Waals surface area contributed by atoms with Gasteiger partial charge in [0.15, 0.2) is 0 Å². The van der Waals surface area contributed by atoms with Gasteiger partial charge in [-0.3, -0.25) is 0 Å². The molecule has 1 rings (SSSR count). The third-order valence-electron chi connectivity index (χ3n) is 1.48. The molecule has 0 aromatic heterocycles. The fraction of sp³-hybridized carbons (Fsp3) is 0.125. The van der Waals surface area contributed by atoms with Crippen LogP contribution in [0.1, 0.15) is 11.1 Å².